The minimum Gasteiger partial charge on any atom is -0.337 e. The standard InChI is InChI=1S/C11H21N2OP/c1-3-4-11(14)13-7-5-12(6-8-13)9-10-15-2/h3-4,15H,5-10H2,1-2H3/b4-3+. The Kier molecular flexibility index (Phi) is 5.89. The summed E-state index contributed by atoms with van der Waals surface area (Å²) < 4.78 is 0. The molecule has 0 radical (unpaired) electrons. The van der Waals surface area contributed by atoms with Crippen LogP contribution in [0.1, 0.15) is 6.92 Å². The summed E-state index contributed by atoms with van der Waals surface area (Å²) in [5, 5.41) is 0. The number of carbonyl (C=O) groups is 1. The Morgan fingerprint density at radius 2 is 2.00 bits per heavy atom. The number of carbonyl (C=O) groups excluding carboxylic acids is 1. The lowest BCUT2D eigenvalue weighted by Crippen LogP contribution is -2.48. The van der Waals surface area contributed by atoms with E-state index >= 15 is 0 Å². The molecule has 1 amide bonds. The van der Waals surface area contributed by atoms with Crippen molar-refractivity contribution >= 4 is 14.5 Å². The third-order valence-electron chi connectivity index (χ3n) is 2.67. The van der Waals surface area contributed by atoms with Gasteiger partial charge in [-0.2, -0.15) is 0 Å². The first-order chi connectivity index (χ1) is 7.27. The zero-order valence-corrected chi connectivity index (χ0v) is 10.7. The average molecular weight is 228 g/mol. The fourth-order valence-electron chi connectivity index (χ4n) is 1.71. The minimum atomic E-state index is 0.162. The second-order valence-electron chi connectivity index (χ2n) is 3.77. The molecule has 1 aliphatic rings. The quantitative estimate of drug-likeness (QED) is 0.529. The van der Waals surface area contributed by atoms with Gasteiger partial charge in [0, 0.05) is 32.7 Å². The van der Waals surface area contributed by atoms with Crippen LogP contribution in [0.2, 0.25) is 0 Å². The van der Waals surface area contributed by atoms with Gasteiger partial charge in [0.2, 0.25) is 5.91 Å². The first-order valence-corrected chi connectivity index (χ1v) is 7.27. The molecule has 1 fully saturated rings. The van der Waals surface area contributed by atoms with E-state index in [9.17, 15) is 4.79 Å². The van der Waals surface area contributed by atoms with E-state index in [1.54, 1.807) is 6.08 Å². The molecule has 0 aliphatic carbocycles. The zero-order chi connectivity index (χ0) is 11.1. The molecule has 0 aromatic carbocycles. The SMILES string of the molecule is C/C=C/C(=O)N1CCN(CCPC)CC1. The van der Waals surface area contributed by atoms with Crippen molar-refractivity contribution in [3.05, 3.63) is 12.2 Å². The van der Waals surface area contributed by atoms with Crippen LogP contribution in [0.15, 0.2) is 12.2 Å². The summed E-state index contributed by atoms with van der Waals surface area (Å²) in [6.07, 6.45) is 4.76. The Bertz CT molecular complexity index is 223. The predicted octanol–water partition coefficient (Wildman–Crippen LogP) is 1.01. The van der Waals surface area contributed by atoms with Crippen LogP contribution in [0.3, 0.4) is 0 Å². The van der Waals surface area contributed by atoms with E-state index < -0.39 is 0 Å². The van der Waals surface area contributed by atoms with E-state index in [4.69, 9.17) is 0 Å². The number of amides is 1. The first-order valence-electron chi connectivity index (χ1n) is 5.56. The van der Waals surface area contributed by atoms with Crippen molar-refractivity contribution in [2.24, 2.45) is 0 Å². The van der Waals surface area contributed by atoms with E-state index in [-0.39, 0.29) is 5.91 Å². The van der Waals surface area contributed by atoms with Crippen molar-refractivity contribution < 1.29 is 4.79 Å². The second-order valence-corrected chi connectivity index (χ2v) is 4.98. The molecule has 15 heavy (non-hydrogen) atoms. The van der Waals surface area contributed by atoms with Crippen LogP contribution in [0.4, 0.5) is 0 Å². The van der Waals surface area contributed by atoms with Gasteiger partial charge in [0.05, 0.1) is 0 Å². The summed E-state index contributed by atoms with van der Waals surface area (Å²) in [7, 11) is 1.04. The fourth-order valence-corrected chi connectivity index (χ4v) is 2.25. The van der Waals surface area contributed by atoms with Crippen LogP contribution in [-0.2, 0) is 4.79 Å². The van der Waals surface area contributed by atoms with Crippen molar-refractivity contribution in [3.8, 4) is 0 Å². The van der Waals surface area contributed by atoms with Crippen LogP contribution in [0.25, 0.3) is 0 Å². The van der Waals surface area contributed by atoms with Gasteiger partial charge in [-0.25, -0.2) is 0 Å². The normalized spacial score (nSPS) is 19.5. The molecule has 0 aromatic rings. The molecule has 86 valence electrons. The fraction of sp³-hybridized carbons (Fsp3) is 0.727. The minimum absolute atomic E-state index is 0.162. The van der Waals surface area contributed by atoms with Crippen molar-refractivity contribution in [3.63, 3.8) is 0 Å². The Morgan fingerprint density at radius 1 is 1.33 bits per heavy atom. The maximum Gasteiger partial charge on any atom is 0.246 e. The largest absolute Gasteiger partial charge is 0.337 e. The molecular formula is C11H21N2OP. The molecular weight excluding hydrogens is 207 g/mol. The second kappa shape index (κ2) is 6.97. The molecule has 1 aliphatic heterocycles. The number of rotatable bonds is 4. The smallest absolute Gasteiger partial charge is 0.246 e. The van der Waals surface area contributed by atoms with Crippen LogP contribution in [-0.4, -0.2) is 61.3 Å². The highest BCUT2D eigenvalue weighted by Crippen LogP contribution is 2.06. The Hall–Kier alpha value is -0.400. The molecule has 1 heterocycles. The van der Waals surface area contributed by atoms with E-state index in [0.717, 1.165) is 34.8 Å². The summed E-state index contributed by atoms with van der Waals surface area (Å²) >= 11 is 0. The number of hydrogen-bond acceptors (Lipinski definition) is 2. The summed E-state index contributed by atoms with van der Waals surface area (Å²) in [6.45, 7) is 9.16. The average Bonchev–Trinajstić information content (AvgIpc) is 2.27. The van der Waals surface area contributed by atoms with E-state index in [0.29, 0.717) is 0 Å². The number of nitrogens with zero attached hydrogens (tertiary/aromatic N) is 2. The molecule has 0 saturated carbocycles. The van der Waals surface area contributed by atoms with E-state index in [1.807, 2.05) is 17.9 Å². The summed E-state index contributed by atoms with van der Waals surface area (Å²) in [5.74, 6) is 0.162. The van der Waals surface area contributed by atoms with Gasteiger partial charge in [0.15, 0.2) is 0 Å². The van der Waals surface area contributed by atoms with Gasteiger partial charge in [0.25, 0.3) is 0 Å². The molecule has 1 rings (SSSR count). The third-order valence-corrected chi connectivity index (χ3v) is 3.39. The molecule has 0 bridgehead atoms. The van der Waals surface area contributed by atoms with Crippen molar-refractivity contribution in [2.45, 2.75) is 6.92 Å². The molecule has 0 spiro atoms. The maximum atomic E-state index is 11.5. The molecule has 4 heteroatoms. The number of allylic oxidation sites excluding steroid dienone is 1. The van der Waals surface area contributed by atoms with Crippen LogP contribution < -0.4 is 0 Å². The summed E-state index contributed by atoms with van der Waals surface area (Å²) in [4.78, 5) is 15.9. The van der Waals surface area contributed by atoms with Crippen molar-refractivity contribution in [1.82, 2.24) is 9.80 Å². The van der Waals surface area contributed by atoms with Crippen molar-refractivity contribution in [2.75, 3.05) is 45.6 Å². The van der Waals surface area contributed by atoms with Gasteiger partial charge in [-0.3, -0.25) is 9.69 Å². The monoisotopic (exact) mass is 228 g/mol. The molecule has 1 saturated heterocycles. The van der Waals surface area contributed by atoms with Gasteiger partial charge < -0.3 is 4.90 Å². The highest BCUT2D eigenvalue weighted by Gasteiger charge is 2.18. The molecule has 0 aromatic heterocycles. The highest BCUT2D eigenvalue weighted by atomic mass is 31.1. The third kappa shape index (κ3) is 4.31. The summed E-state index contributed by atoms with van der Waals surface area (Å²) in [6, 6.07) is 0. The molecule has 1 unspecified atom stereocenters. The first kappa shape index (κ1) is 12.7. The lowest BCUT2D eigenvalue weighted by Gasteiger charge is -2.34. The van der Waals surface area contributed by atoms with Gasteiger partial charge in [-0.05, 0) is 25.8 Å². The molecule has 0 N–H and O–H groups in total. The molecule has 3 nitrogen and oxygen atoms in total. The van der Waals surface area contributed by atoms with Gasteiger partial charge in [0.1, 0.15) is 0 Å². The van der Waals surface area contributed by atoms with Crippen LogP contribution in [0.5, 0.6) is 0 Å². The zero-order valence-electron chi connectivity index (χ0n) is 9.70. The number of piperazine rings is 1. The lowest BCUT2D eigenvalue weighted by atomic mass is 10.3. The topological polar surface area (TPSA) is 23.6 Å². The Morgan fingerprint density at radius 3 is 2.53 bits per heavy atom. The van der Waals surface area contributed by atoms with E-state index in [1.165, 1.54) is 12.7 Å². The maximum absolute atomic E-state index is 11.5. The van der Waals surface area contributed by atoms with Gasteiger partial charge in [-0.1, -0.05) is 6.08 Å². The van der Waals surface area contributed by atoms with E-state index in [2.05, 4.69) is 11.6 Å². The van der Waals surface area contributed by atoms with Crippen molar-refractivity contribution in [1.29, 1.82) is 0 Å². The Balaban J connectivity index is 2.26. The lowest BCUT2D eigenvalue weighted by molar-refractivity contribution is -0.127. The predicted molar refractivity (Wildman–Crippen MR) is 66.9 cm³/mol. The van der Waals surface area contributed by atoms with Crippen LogP contribution in [0, 0.1) is 0 Å². The van der Waals surface area contributed by atoms with Crippen LogP contribution >= 0.6 is 8.58 Å². The van der Waals surface area contributed by atoms with Gasteiger partial charge in [-0.15, -0.1) is 8.58 Å². The Labute approximate surface area is 94.3 Å². The summed E-state index contributed by atoms with van der Waals surface area (Å²) in [5.41, 5.74) is 0. The molecule has 1 atom stereocenters. The highest BCUT2D eigenvalue weighted by molar-refractivity contribution is 7.37. The number of hydrogen-bond donors (Lipinski definition) is 0. The van der Waals surface area contributed by atoms with Gasteiger partial charge >= 0.3 is 0 Å².